The molecule has 1 N–H and O–H groups in total. The molecule has 120 valence electrons. The highest BCUT2D eigenvalue weighted by Crippen LogP contribution is 2.31. The molecule has 4 heteroatoms. The van der Waals surface area contributed by atoms with Crippen LogP contribution in [0.1, 0.15) is 44.9 Å². The largest absolute Gasteiger partial charge is 0.325 e. The highest BCUT2D eigenvalue weighted by atomic mass is 19.1. The Labute approximate surface area is 131 Å². The number of carbonyl (C=O) groups is 1. The van der Waals surface area contributed by atoms with Gasteiger partial charge < -0.3 is 5.32 Å². The number of benzene rings is 1. The topological polar surface area (TPSA) is 32.3 Å². The Morgan fingerprint density at radius 1 is 1.18 bits per heavy atom. The molecule has 0 bridgehead atoms. The van der Waals surface area contributed by atoms with E-state index in [1.165, 1.54) is 57.1 Å². The minimum Gasteiger partial charge on any atom is -0.325 e. The summed E-state index contributed by atoms with van der Waals surface area (Å²) in [5, 5.41) is 2.81. The molecule has 0 aliphatic heterocycles. The van der Waals surface area contributed by atoms with Gasteiger partial charge in [-0.05, 0) is 49.8 Å². The van der Waals surface area contributed by atoms with Gasteiger partial charge in [-0.25, -0.2) is 4.39 Å². The molecule has 0 radical (unpaired) electrons. The van der Waals surface area contributed by atoms with Gasteiger partial charge in [0.15, 0.2) is 0 Å². The third kappa shape index (κ3) is 4.54. The van der Waals surface area contributed by atoms with Crippen LogP contribution in [-0.4, -0.2) is 29.9 Å². The summed E-state index contributed by atoms with van der Waals surface area (Å²) in [7, 11) is 0. The van der Waals surface area contributed by atoms with Crippen molar-refractivity contribution in [2.75, 3.05) is 18.4 Å². The molecule has 2 aliphatic carbocycles. The van der Waals surface area contributed by atoms with Crippen molar-refractivity contribution in [1.82, 2.24) is 4.90 Å². The van der Waals surface area contributed by atoms with Crippen LogP contribution in [0.4, 0.5) is 10.1 Å². The predicted molar refractivity (Wildman–Crippen MR) is 86.2 cm³/mol. The molecule has 1 amide bonds. The first-order valence-corrected chi connectivity index (χ1v) is 8.50. The van der Waals surface area contributed by atoms with Crippen molar-refractivity contribution in [3.05, 3.63) is 30.1 Å². The number of anilines is 1. The number of halogens is 1. The molecule has 22 heavy (non-hydrogen) atoms. The maximum atomic E-state index is 13.2. The second-order valence-corrected chi connectivity index (χ2v) is 6.72. The predicted octanol–water partition coefficient (Wildman–Crippen LogP) is 3.81. The molecule has 2 saturated carbocycles. The second-order valence-electron chi connectivity index (χ2n) is 6.72. The smallest absolute Gasteiger partial charge is 0.238 e. The van der Waals surface area contributed by atoms with Gasteiger partial charge in [0.2, 0.25) is 5.91 Å². The quantitative estimate of drug-likeness (QED) is 0.867. The molecule has 1 aromatic rings. The summed E-state index contributed by atoms with van der Waals surface area (Å²) in [6, 6.07) is 6.67. The molecule has 1 aromatic carbocycles. The lowest BCUT2D eigenvalue weighted by Crippen LogP contribution is -2.38. The van der Waals surface area contributed by atoms with E-state index in [1.807, 2.05) is 0 Å². The van der Waals surface area contributed by atoms with E-state index in [-0.39, 0.29) is 11.7 Å². The van der Waals surface area contributed by atoms with Gasteiger partial charge in [0.05, 0.1) is 6.54 Å². The van der Waals surface area contributed by atoms with E-state index in [9.17, 15) is 9.18 Å². The third-order valence-corrected chi connectivity index (χ3v) is 4.74. The molecule has 0 atom stereocenters. The number of hydrogen-bond donors (Lipinski definition) is 1. The summed E-state index contributed by atoms with van der Waals surface area (Å²) in [5.41, 5.74) is 0.540. The van der Waals surface area contributed by atoms with Crippen molar-refractivity contribution in [2.45, 2.75) is 51.0 Å². The van der Waals surface area contributed by atoms with Crippen LogP contribution in [0.3, 0.4) is 0 Å². The first kappa shape index (κ1) is 15.5. The summed E-state index contributed by atoms with van der Waals surface area (Å²) in [5.74, 6) is 0.392. The van der Waals surface area contributed by atoms with Crippen LogP contribution in [0, 0.1) is 11.7 Å². The number of nitrogens with one attached hydrogen (secondary N) is 1. The molecule has 0 unspecified atom stereocenters. The fourth-order valence-electron chi connectivity index (χ4n) is 3.43. The maximum absolute atomic E-state index is 13.2. The Morgan fingerprint density at radius 2 is 1.95 bits per heavy atom. The van der Waals surface area contributed by atoms with Crippen LogP contribution in [0.2, 0.25) is 0 Å². The van der Waals surface area contributed by atoms with E-state index in [0.29, 0.717) is 18.3 Å². The summed E-state index contributed by atoms with van der Waals surface area (Å²) in [6.07, 6.45) is 9.04. The van der Waals surface area contributed by atoms with Gasteiger partial charge in [-0.15, -0.1) is 0 Å². The first-order chi connectivity index (χ1) is 10.7. The number of amides is 1. The van der Waals surface area contributed by atoms with Crippen LogP contribution in [-0.2, 0) is 4.79 Å². The summed E-state index contributed by atoms with van der Waals surface area (Å²) in [6.45, 7) is 1.47. The number of nitrogens with zero attached hydrogens (tertiary/aromatic N) is 1. The van der Waals surface area contributed by atoms with Gasteiger partial charge in [0.1, 0.15) is 5.82 Å². The average molecular weight is 304 g/mol. The Balaban J connectivity index is 1.52. The molecule has 0 heterocycles. The average Bonchev–Trinajstić information content (AvgIpc) is 3.32. The van der Waals surface area contributed by atoms with Crippen molar-refractivity contribution < 1.29 is 9.18 Å². The lowest BCUT2D eigenvalue weighted by molar-refractivity contribution is -0.117. The van der Waals surface area contributed by atoms with Crippen molar-refractivity contribution in [2.24, 2.45) is 5.92 Å². The molecule has 3 nitrogen and oxygen atoms in total. The monoisotopic (exact) mass is 304 g/mol. The lowest BCUT2D eigenvalue weighted by Gasteiger charge is -2.29. The Morgan fingerprint density at radius 3 is 2.64 bits per heavy atom. The van der Waals surface area contributed by atoms with Gasteiger partial charge in [0, 0.05) is 18.3 Å². The summed E-state index contributed by atoms with van der Waals surface area (Å²) < 4.78 is 13.2. The van der Waals surface area contributed by atoms with E-state index >= 15 is 0 Å². The zero-order valence-corrected chi connectivity index (χ0v) is 13.1. The normalized spacial score (nSPS) is 19.4. The fraction of sp³-hybridized carbons (Fsp3) is 0.611. The van der Waals surface area contributed by atoms with E-state index in [2.05, 4.69) is 10.2 Å². The number of carbonyl (C=O) groups excluding carboxylic acids is 1. The molecule has 0 spiro atoms. The lowest BCUT2D eigenvalue weighted by atomic mass is 9.89. The second kappa shape index (κ2) is 7.23. The van der Waals surface area contributed by atoms with Crippen molar-refractivity contribution in [3.63, 3.8) is 0 Å². The Hall–Kier alpha value is -1.42. The first-order valence-electron chi connectivity index (χ1n) is 8.50. The highest BCUT2D eigenvalue weighted by Gasteiger charge is 2.32. The van der Waals surface area contributed by atoms with Gasteiger partial charge in [-0.3, -0.25) is 9.69 Å². The van der Waals surface area contributed by atoms with E-state index in [4.69, 9.17) is 0 Å². The third-order valence-electron chi connectivity index (χ3n) is 4.74. The molecule has 2 aliphatic rings. The van der Waals surface area contributed by atoms with Crippen molar-refractivity contribution >= 4 is 11.6 Å². The van der Waals surface area contributed by atoms with Gasteiger partial charge in [-0.1, -0.05) is 25.3 Å². The van der Waals surface area contributed by atoms with Crippen molar-refractivity contribution in [1.29, 1.82) is 0 Å². The summed E-state index contributed by atoms with van der Waals surface area (Å²) >= 11 is 0. The minimum absolute atomic E-state index is 0.0340. The number of hydrogen-bond acceptors (Lipinski definition) is 2. The molecule has 3 rings (SSSR count). The van der Waals surface area contributed by atoms with Gasteiger partial charge >= 0.3 is 0 Å². The zero-order chi connectivity index (χ0) is 15.4. The van der Waals surface area contributed by atoms with Crippen LogP contribution in [0.15, 0.2) is 24.3 Å². The van der Waals surface area contributed by atoms with Crippen molar-refractivity contribution in [3.8, 4) is 0 Å². The van der Waals surface area contributed by atoms with Crippen LogP contribution < -0.4 is 5.32 Å². The van der Waals surface area contributed by atoms with Crippen LogP contribution >= 0.6 is 0 Å². The molecule has 0 aromatic heterocycles. The minimum atomic E-state index is -0.320. The highest BCUT2D eigenvalue weighted by molar-refractivity contribution is 5.92. The van der Waals surface area contributed by atoms with E-state index in [1.54, 1.807) is 12.1 Å². The molecule has 2 fully saturated rings. The standard InChI is InChI=1S/C18H25FN2O/c19-15-7-4-8-16(11-15)20-18(22)13-21(17-9-10-17)12-14-5-2-1-3-6-14/h4,7-8,11,14,17H,1-3,5-6,9-10,12-13H2,(H,20,22). The zero-order valence-electron chi connectivity index (χ0n) is 13.1. The van der Waals surface area contributed by atoms with E-state index < -0.39 is 0 Å². The fourth-order valence-corrected chi connectivity index (χ4v) is 3.43. The SMILES string of the molecule is O=C(CN(CC1CCCCC1)C1CC1)Nc1cccc(F)c1. The van der Waals surface area contributed by atoms with E-state index in [0.717, 1.165) is 12.5 Å². The Bertz CT molecular complexity index is 510. The Kier molecular flexibility index (Phi) is 5.08. The summed E-state index contributed by atoms with van der Waals surface area (Å²) in [4.78, 5) is 14.6. The number of rotatable bonds is 6. The van der Waals surface area contributed by atoms with Gasteiger partial charge in [0.25, 0.3) is 0 Å². The van der Waals surface area contributed by atoms with Crippen LogP contribution in [0.25, 0.3) is 0 Å². The maximum Gasteiger partial charge on any atom is 0.238 e. The van der Waals surface area contributed by atoms with Crippen LogP contribution in [0.5, 0.6) is 0 Å². The molecular formula is C18H25FN2O. The van der Waals surface area contributed by atoms with Gasteiger partial charge in [-0.2, -0.15) is 0 Å². The molecular weight excluding hydrogens is 279 g/mol. The molecule has 0 saturated heterocycles.